The Kier molecular flexibility index (Phi) is 4.66. The lowest BCUT2D eigenvalue weighted by Gasteiger charge is -2.13. The van der Waals surface area contributed by atoms with E-state index < -0.39 is 0 Å². The molecule has 1 heterocycles. The predicted octanol–water partition coefficient (Wildman–Crippen LogP) is 3.33. The third-order valence-corrected chi connectivity index (χ3v) is 3.91. The van der Waals surface area contributed by atoms with E-state index >= 15 is 0 Å². The molecule has 0 N–H and O–H groups in total. The van der Waals surface area contributed by atoms with Gasteiger partial charge in [0, 0.05) is 13.1 Å². The molecule has 25 heavy (non-hydrogen) atoms. The summed E-state index contributed by atoms with van der Waals surface area (Å²) < 4.78 is 12.7. The van der Waals surface area contributed by atoms with Crippen LogP contribution >= 0.6 is 0 Å². The summed E-state index contributed by atoms with van der Waals surface area (Å²) >= 11 is 0. The van der Waals surface area contributed by atoms with Crippen LogP contribution in [0.1, 0.15) is 18.1 Å². The van der Waals surface area contributed by atoms with Crippen LogP contribution in [-0.4, -0.2) is 28.7 Å². The monoisotopic (exact) mass is 334 g/mol. The van der Waals surface area contributed by atoms with Crippen molar-refractivity contribution in [2.75, 3.05) is 13.7 Å². The molecular weight excluding hydrogens is 316 g/mol. The van der Waals surface area contributed by atoms with Crippen LogP contribution in [0.2, 0.25) is 0 Å². The van der Waals surface area contributed by atoms with Gasteiger partial charge >= 0.3 is 0 Å². The van der Waals surface area contributed by atoms with Crippen LogP contribution in [0.4, 0.5) is 0 Å². The van der Waals surface area contributed by atoms with Crippen molar-refractivity contribution in [1.82, 2.24) is 15.0 Å². The van der Waals surface area contributed by atoms with Gasteiger partial charge in [0.15, 0.2) is 11.5 Å². The molecular formula is C19H18N4O2. The van der Waals surface area contributed by atoms with Gasteiger partial charge in [-0.2, -0.15) is 5.26 Å². The standard InChI is InChI=1S/C19H18N4O2/c1-4-25-19-12-14(6-8-18(19)24-3)15(9-10-20)13-5-7-17-16(11-13)21-22-23(17)2/h5-9,11-12H,4H2,1-3H3. The van der Waals surface area contributed by atoms with Gasteiger partial charge in [0.25, 0.3) is 0 Å². The molecule has 0 aliphatic rings. The zero-order chi connectivity index (χ0) is 17.8. The van der Waals surface area contributed by atoms with Crippen molar-refractivity contribution in [2.45, 2.75) is 6.92 Å². The third kappa shape index (κ3) is 3.17. The second-order valence-electron chi connectivity index (χ2n) is 5.40. The van der Waals surface area contributed by atoms with E-state index in [2.05, 4.69) is 16.4 Å². The fraction of sp³-hybridized carbons (Fsp3) is 0.211. The van der Waals surface area contributed by atoms with Crippen LogP contribution in [0.15, 0.2) is 42.5 Å². The highest BCUT2D eigenvalue weighted by Gasteiger charge is 2.12. The number of hydrogen-bond acceptors (Lipinski definition) is 5. The molecule has 0 bridgehead atoms. The van der Waals surface area contributed by atoms with Crippen molar-refractivity contribution in [2.24, 2.45) is 7.05 Å². The fourth-order valence-electron chi connectivity index (χ4n) is 2.72. The van der Waals surface area contributed by atoms with Gasteiger partial charge < -0.3 is 9.47 Å². The lowest BCUT2D eigenvalue weighted by molar-refractivity contribution is 0.311. The quantitative estimate of drug-likeness (QED) is 0.669. The van der Waals surface area contributed by atoms with Gasteiger partial charge in [-0.15, -0.1) is 5.10 Å². The zero-order valence-electron chi connectivity index (χ0n) is 14.4. The molecule has 6 nitrogen and oxygen atoms in total. The zero-order valence-corrected chi connectivity index (χ0v) is 14.4. The molecule has 3 rings (SSSR count). The number of nitriles is 1. The maximum atomic E-state index is 9.24. The van der Waals surface area contributed by atoms with Crippen molar-refractivity contribution in [3.8, 4) is 17.6 Å². The first-order chi connectivity index (χ1) is 12.2. The minimum Gasteiger partial charge on any atom is -0.493 e. The van der Waals surface area contributed by atoms with Crippen molar-refractivity contribution < 1.29 is 9.47 Å². The highest BCUT2D eigenvalue weighted by molar-refractivity contribution is 5.87. The summed E-state index contributed by atoms with van der Waals surface area (Å²) in [7, 11) is 3.45. The van der Waals surface area contributed by atoms with E-state index in [0.29, 0.717) is 18.1 Å². The molecule has 0 aliphatic carbocycles. The van der Waals surface area contributed by atoms with Crippen molar-refractivity contribution in [3.05, 3.63) is 53.6 Å². The van der Waals surface area contributed by atoms with Crippen molar-refractivity contribution in [1.29, 1.82) is 5.26 Å². The third-order valence-electron chi connectivity index (χ3n) is 3.91. The van der Waals surface area contributed by atoms with Crippen LogP contribution in [0.3, 0.4) is 0 Å². The molecule has 0 aliphatic heterocycles. The summed E-state index contributed by atoms with van der Waals surface area (Å²) in [4.78, 5) is 0. The van der Waals surface area contributed by atoms with E-state index in [1.807, 2.05) is 50.4 Å². The fourth-order valence-corrected chi connectivity index (χ4v) is 2.72. The molecule has 0 atom stereocenters. The summed E-state index contributed by atoms with van der Waals surface area (Å²) in [5.41, 5.74) is 4.27. The van der Waals surface area contributed by atoms with Crippen molar-refractivity contribution >= 4 is 16.6 Å². The van der Waals surface area contributed by atoms with Crippen LogP contribution < -0.4 is 9.47 Å². The Bertz CT molecular complexity index is 983. The van der Waals surface area contributed by atoms with Crippen LogP contribution in [0.25, 0.3) is 16.6 Å². The Balaban J connectivity index is 2.11. The summed E-state index contributed by atoms with van der Waals surface area (Å²) in [6.45, 7) is 2.45. The van der Waals surface area contributed by atoms with E-state index in [9.17, 15) is 5.26 Å². The molecule has 1 aromatic heterocycles. The minimum absolute atomic E-state index is 0.530. The van der Waals surface area contributed by atoms with Crippen molar-refractivity contribution in [3.63, 3.8) is 0 Å². The maximum Gasteiger partial charge on any atom is 0.161 e. The number of hydrogen-bond donors (Lipinski definition) is 0. The van der Waals surface area contributed by atoms with E-state index in [-0.39, 0.29) is 0 Å². The molecule has 3 aromatic rings. The molecule has 0 unspecified atom stereocenters. The summed E-state index contributed by atoms with van der Waals surface area (Å²) in [5, 5.41) is 17.4. The van der Waals surface area contributed by atoms with Crippen LogP contribution in [-0.2, 0) is 7.05 Å². The molecule has 0 saturated carbocycles. The molecule has 6 heteroatoms. The second-order valence-corrected chi connectivity index (χ2v) is 5.40. The molecule has 126 valence electrons. The van der Waals surface area contributed by atoms with Gasteiger partial charge in [0.2, 0.25) is 0 Å². The molecule has 0 radical (unpaired) electrons. The van der Waals surface area contributed by atoms with Gasteiger partial charge in [0.05, 0.1) is 25.3 Å². The number of methoxy groups -OCH3 is 1. The molecule has 0 spiro atoms. The number of benzene rings is 2. The van der Waals surface area contributed by atoms with E-state index in [0.717, 1.165) is 27.7 Å². The first-order valence-corrected chi connectivity index (χ1v) is 7.88. The van der Waals surface area contributed by atoms with Gasteiger partial charge in [-0.1, -0.05) is 17.3 Å². The number of allylic oxidation sites excluding steroid dienone is 1. The van der Waals surface area contributed by atoms with E-state index in [1.54, 1.807) is 11.8 Å². The number of rotatable bonds is 5. The predicted molar refractivity (Wildman–Crippen MR) is 95.4 cm³/mol. The normalized spacial score (nSPS) is 11.4. The Morgan fingerprint density at radius 1 is 1.20 bits per heavy atom. The summed E-state index contributed by atoms with van der Waals surface area (Å²) in [5.74, 6) is 1.30. The minimum atomic E-state index is 0.530. The average molecular weight is 334 g/mol. The second kappa shape index (κ2) is 7.05. The van der Waals surface area contributed by atoms with Crippen LogP contribution in [0.5, 0.6) is 11.5 Å². The van der Waals surface area contributed by atoms with Gasteiger partial charge in [-0.3, -0.25) is 0 Å². The maximum absolute atomic E-state index is 9.24. The lowest BCUT2D eigenvalue weighted by atomic mass is 9.97. The highest BCUT2D eigenvalue weighted by Crippen LogP contribution is 2.33. The smallest absolute Gasteiger partial charge is 0.161 e. The average Bonchev–Trinajstić information content (AvgIpc) is 3.00. The number of ether oxygens (including phenoxy) is 2. The number of aryl methyl sites for hydroxylation is 1. The Morgan fingerprint density at radius 2 is 1.96 bits per heavy atom. The summed E-state index contributed by atoms with van der Waals surface area (Å²) in [6, 6.07) is 13.6. The SMILES string of the molecule is CCOc1cc(C(=CC#N)c2ccc3c(c2)nnn3C)ccc1OC. The molecule has 2 aromatic carbocycles. The first-order valence-electron chi connectivity index (χ1n) is 7.88. The molecule has 0 saturated heterocycles. The number of aromatic nitrogens is 3. The van der Waals surface area contributed by atoms with Crippen LogP contribution in [0, 0.1) is 11.3 Å². The Morgan fingerprint density at radius 3 is 2.68 bits per heavy atom. The number of nitrogens with zero attached hydrogens (tertiary/aromatic N) is 4. The van der Waals surface area contributed by atoms with Gasteiger partial charge in [-0.25, -0.2) is 4.68 Å². The molecule has 0 amide bonds. The number of fused-ring (bicyclic) bond motifs is 1. The Hall–Kier alpha value is -3.33. The van der Waals surface area contributed by atoms with E-state index in [1.165, 1.54) is 6.08 Å². The topological polar surface area (TPSA) is 73.0 Å². The van der Waals surface area contributed by atoms with Gasteiger partial charge in [0.1, 0.15) is 5.52 Å². The van der Waals surface area contributed by atoms with Gasteiger partial charge in [-0.05, 0) is 47.9 Å². The Labute approximate surface area is 145 Å². The summed E-state index contributed by atoms with van der Waals surface area (Å²) in [6.07, 6.45) is 1.52. The molecule has 0 fully saturated rings. The largest absolute Gasteiger partial charge is 0.493 e. The van der Waals surface area contributed by atoms with E-state index in [4.69, 9.17) is 9.47 Å². The highest BCUT2D eigenvalue weighted by atomic mass is 16.5. The first kappa shape index (κ1) is 16.5. The lowest BCUT2D eigenvalue weighted by Crippen LogP contribution is -1.97.